The molecule has 1 fully saturated rings. The first-order valence-electron chi connectivity index (χ1n) is 10.0. The topological polar surface area (TPSA) is 127 Å². The zero-order chi connectivity index (χ0) is 22.8. The maximum atomic E-state index is 14.4. The van der Waals surface area contributed by atoms with E-state index in [-0.39, 0.29) is 30.6 Å². The molecule has 0 unspecified atom stereocenters. The van der Waals surface area contributed by atoms with Gasteiger partial charge in [-0.3, -0.25) is 4.79 Å². The summed E-state index contributed by atoms with van der Waals surface area (Å²) in [6.07, 6.45) is 3.73. The van der Waals surface area contributed by atoms with E-state index in [1.54, 1.807) is 24.1 Å². The van der Waals surface area contributed by atoms with Crippen LogP contribution in [-0.2, 0) is 4.79 Å². The molecule has 2 amide bonds. The van der Waals surface area contributed by atoms with Gasteiger partial charge in [-0.1, -0.05) is 11.6 Å². The minimum absolute atomic E-state index is 0.109. The van der Waals surface area contributed by atoms with Crippen molar-refractivity contribution in [1.29, 1.82) is 0 Å². The molecular formula is C20H21ClFN7O3. The third kappa shape index (κ3) is 4.42. The fourth-order valence-electron chi connectivity index (χ4n) is 3.63. The van der Waals surface area contributed by atoms with Gasteiger partial charge in [0.15, 0.2) is 17.5 Å². The van der Waals surface area contributed by atoms with Crippen LogP contribution in [0.2, 0.25) is 5.02 Å². The maximum absolute atomic E-state index is 14.4. The summed E-state index contributed by atoms with van der Waals surface area (Å²) in [7, 11) is 0. The molecule has 4 heterocycles. The lowest BCUT2D eigenvalue weighted by molar-refractivity contribution is -0.131. The first-order chi connectivity index (χ1) is 15.3. The minimum atomic E-state index is -1.00. The predicted octanol–water partition coefficient (Wildman–Crippen LogP) is 2.83. The van der Waals surface area contributed by atoms with Crippen molar-refractivity contribution in [3.63, 3.8) is 0 Å². The normalized spacial score (nSPS) is 15.5. The van der Waals surface area contributed by atoms with Crippen molar-refractivity contribution in [2.75, 3.05) is 31.5 Å². The molecule has 0 saturated carbocycles. The summed E-state index contributed by atoms with van der Waals surface area (Å²) < 4.78 is 14.4. The Labute approximate surface area is 187 Å². The van der Waals surface area contributed by atoms with E-state index >= 15 is 0 Å². The summed E-state index contributed by atoms with van der Waals surface area (Å²) in [6.45, 7) is 2.91. The molecule has 3 N–H and O–H groups in total. The van der Waals surface area contributed by atoms with Crippen molar-refractivity contribution in [3.8, 4) is 11.4 Å². The van der Waals surface area contributed by atoms with Gasteiger partial charge in [-0.25, -0.2) is 24.1 Å². The Balaban J connectivity index is 1.52. The smallest absolute Gasteiger partial charge is 0.407 e. The fourth-order valence-corrected chi connectivity index (χ4v) is 3.79. The summed E-state index contributed by atoms with van der Waals surface area (Å²) in [5, 5.41) is 13.1. The second-order valence-electron chi connectivity index (χ2n) is 7.46. The Morgan fingerprint density at radius 1 is 1.22 bits per heavy atom. The predicted molar refractivity (Wildman–Crippen MR) is 116 cm³/mol. The van der Waals surface area contributed by atoms with Crippen LogP contribution < -0.4 is 5.32 Å². The van der Waals surface area contributed by atoms with Gasteiger partial charge in [0, 0.05) is 49.5 Å². The zero-order valence-electron chi connectivity index (χ0n) is 17.2. The number of nitrogens with one attached hydrogen (secondary N) is 2. The number of pyridine rings is 1. The Hall–Kier alpha value is -3.47. The monoisotopic (exact) mass is 461 g/mol. The SMILES string of the molecule is C[C@@H](Nc1nc(-c2c[nH]c3ncc(Cl)cc23)ncc1F)C(=O)N1CCCN(C(=O)O)CC1. The molecule has 1 saturated heterocycles. The van der Waals surface area contributed by atoms with Crippen LogP contribution in [0.3, 0.4) is 0 Å². The summed E-state index contributed by atoms with van der Waals surface area (Å²) in [5.74, 6) is -0.824. The minimum Gasteiger partial charge on any atom is -0.465 e. The van der Waals surface area contributed by atoms with Crippen molar-refractivity contribution >= 4 is 40.5 Å². The van der Waals surface area contributed by atoms with Gasteiger partial charge in [-0.15, -0.1) is 0 Å². The second kappa shape index (κ2) is 8.95. The molecule has 0 bridgehead atoms. The number of H-pyrrole nitrogens is 1. The highest BCUT2D eigenvalue weighted by atomic mass is 35.5. The third-order valence-electron chi connectivity index (χ3n) is 5.28. The molecular weight excluding hydrogens is 441 g/mol. The van der Waals surface area contributed by atoms with Gasteiger partial charge in [0.25, 0.3) is 0 Å². The van der Waals surface area contributed by atoms with Crippen LogP contribution >= 0.6 is 11.6 Å². The number of amides is 2. The quantitative estimate of drug-likeness (QED) is 0.545. The van der Waals surface area contributed by atoms with E-state index in [1.807, 2.05) is 0 Å². The number of halogens is 2. The van der Waals surface area contributed by atoms with Gasteiger partial charge in [0.1, 0.15) is 11.7 Å². The molecule has 1 aliphatic rings. The summed E-state index contributed by atoms with van der Waals surface area (Å²) in [5.41, 5.74) is 1.19. The number of nitrogens with zero attached hydrogens (tertiary/aromatic N) is 5. The Kier molecular flexibility index (Phi) is 6.08. The number of fused-ring (bicyclic) bond motifs is 1. The molecule has 0 spiro atoms. The summed E-state index contributed by atoms with van der Waals surface area (Å²) >= 11 is 6.04. The van der Waals surface area contributed by atoms with E-state index in [9.17, 15) is 14.0 Å². The first-order valence-corrected chi connectivity index (χ1v) is 10.4. The molecule has 10 nitrogen and oxygen atoms in total. The van der Waals surface area contributed by atoms with Crippen LogP contribution in [0.4, 0.5) is 15.0 Å². The number of carbonyl (C=O) groups excluding carboxylic acids is 1. The van der Waals surface area contributed by atoms with Crippen LogP contribution in [0.1, 0.15) is 13.3 Å². The number of carboxylic acid groups (broad SMARTS) is 1. The van der Waals surface area contributed by atoms with E-state index in [4.69, 9.17) is 16.7 Å². The molecule has 0 aromatic carbocycles. The van der Waals surface area contributed by atoms with Gasteiger partial charge in [0.2, 0.25) is 5.91 Å². The molecule has 12 heteroatoms. The molecule has 3 aromatic rings. The molecule has 32 heavy (non-hydrogen) atoms. The number of rotatable bonds is 4. The lowest BCUT2D eigenvalue weighted by atomic mass is 10.2. The van der Waals surface area contributed by atoms with E-state index in [0.717, 1.165) is 6.20 Å². The second-order valence-corrected chi connectivity index (χ2v) is 7.89. The van der Waals surface area contributed by atoms with Gasteiger partial charge in [0.05, 0.1) is 11.2 Å². The van der Waals surface area contributed by atoms with Crippen LogP contribution in [0.25, 0.3) is 22.4 Å². The van der Waals surface area contributed by atoms with E-state index in [1.165, 1.54) is 11.1 Å². The lowest BCUT2D eigenvalue weighted by Crippen LogP contribution is -2.43. The number of anilines is 1. The van der Waals surface area contributed by atoms with Crippen LogP contribution in [0.5, 0.6) is 0 Å². The van der Waals surface area contributed by atoms with Gasteiger partial charge in [-0.05, 0) is 19.4 Å². The summed E-state index contributed by atoms with van der Waals surface area (Å²) in [6, 6.07) is 0.934. The number of hydrogen-bond acceptors (Lipinski definition) is 6. The van der Waals surface area contributed by atoms with Crippen molar-refractivity contribution in [1.82, 2.24) is 29.7 Å². The lowest BCUT2D eigenvalue weighted by Gasteiger charge is -2.25. The van der Waals surface area contributed by atoms with Crippen molar-refractivity contribution in [3.05, 3.63) is 35.5 Å². The first kappa shape index (κ1) is 21.8. The van der Waals surface area contributed by atoms with E-state index < -0.39 is 18.0 Å². The van der Waals surface area contributed by atoms with Crippen LogP contribution in [0, 0.1) is 5.82 Å². The highest BCUT2D eigenvalue weighted by Crippen LogP contribution is 2.28. The molecule has 1 atom stereocenters. The zero-order valence-corrected chi connectivity index (χ0v) is 17.9. The Bertz CT molecular complexity index is 1170. The number of hydrogen-bond donors (Lipinski definition) is 3. The molecule has 0 radical (unpaired) electrons. The van der Waals surface area contributed by atoms with Gasteiger partial charge in [-0.2, -0.15) is 0 Å². The molecule has 0 aliphatic carbocycles. The highest BCUT2D eigenvalue weighted by Gasteiger charge is 2.26. The molecule has 4 rings (SSSR count). The molecule has 1 aliphatic heterocycles. The fraction of sp³-hybridized carbons (Fsp3) is 0.350. The molecule has 3 aromatic heterocycles. The average Bonchev–Trinajstić information content (AvgIpc) is 3.01. The van der Waals surface area contributed by atoms with Gasteiger partial charge < -0.3 is 25.2 Å². The summed E-state index contributed by atoms with van der Waals surface area (Å²) in [4.78, 5) is 42.4. The van der Waals surface area contributed by atoms with Crippen molar-refractivity contribution < 1.29 is 19.1 Å². The standard InChI is InChI=1S/C20H21ClFN7O3/c1-11(19(30)28-3-2-4-29(6-5-28)20(31)32)26-18-15(22)10-25-17(27-18)14-9-24-16-13(14)7-12(21)8-23-16/h7-11H,2-6H2,1H3,(H,23,24)(H,31,32)(H,25,26,27)/t11-/m1/s1. The van der Waals surface area contributed by atoms with Crippen molar-refractivity contribution in [2.24, 2.45) is 0 Å². The highest BCUT2D eigenvalue weighted by molar-refractivity contribution is 6.31. The third-order valence-corrected chi connectivity index (χ3v) is 5.49. The van der Waals surface area contributed by atoms with E-state index in [2.05, 4.69) is 25.3 Å². The van der Waals surface area contributed by atoms with Crippen LogP contribution in [0.15, 0.2) is 24.7 Å². The number of carbonyl (C=O) groups is 2. The largest absolute Gasteiger partial charge is 0.465 e. The Morgan fingerprint density at radius 2 is 1.97 bits per heavy atom. The Morgan fingerprint density at radius 3 is 2.75 bits per heavy atom. The maximum Gasteiger partial charge on any atom is 0.407 e. The number of aromatic nitrogens is 4. The average molecular weight is 462 g/mol. The van der Waals surface area contributed by atoms with Gasteiger partial charge >= 0.3 is 6.09 Å². The van der Waals surface area contributed by atoms with Crippen LogP contribution in [-0.4, -0.2) is 79.1 Å². The number of aromatic amines is 1. The van der Waals surface area contributed by atoms with Crippen molar-refractivity contribution in [2.45, 2.75) is 19.4 Å². The van der Waals surface area contributed by atoms with E-state index in [0.29, 0.717) is 41.1 Å². The molecule has 168 valence electrons.